The monoisotopic (exact) mass is 317 g/mol. The molecule has 1 amide bonds. The van der Waals surface area contributed by atoms with Crippen LogP contribution in [0.15, 0.2) is 18.2 Å². The van der Waals surface area contributed by atoms with Gasteiger partial charge in [0.05, 0.1) is 12.7 Å². The number of ether oxygens (including phenoxy) is 1. The summed E-state index contributed by atoms with van der Waals surface area (Å²) < 4.78 is 18.7. The zero-order chi connectivity index (χ0) is 13.5. The summed E-state index contributed by atoms with van der Waals surface area (Å²) in [5.74, 6) is -0.418. The third kappa shape index (κ3) is 3.70. The third-order valence-electron chi connectivity index (χ3n) is 2.54. The molecular formula is C13H17BrFNO2. The lowest BCUT2D eigenvalue weighted by Gasteiger charge is -2.21. The van der Waals surface area contributed by atoms with E-state index in [4.69, 9.17) is 4.74 Å². The second kappa shape index (κ2) is 7.36. The molecule has 0 aliphatic heterocycles. The minimum Gasteiger partial charge on any atom is -0.497 e. The van der Waals surface area contributed by atoms with Crippen LogP contribution in [0.5, 0.6) is 5.75 Å². The van der Waals surface area contributed by atoms with Crippen LogP contribution >= 0.6 is 15.9 Å². The summed E-state index contributed by atoms with van der Waals surface area (Å²) in [5, 5.41) is 0.677. The molecule has 0 radical (unpaired) electrons. The van der Waals surface area contributed by atoms with Crippen LogP contribution in [0.25, 0.3) is 0 Å². The Bertz CT molecular complexity index is 406. The average molecular weight is 318 g/mol. The first-order valence-electron chi connectivity index (χ1n) is 5.82. The number of rotatable bonds is 6. The summed E-state index contributed by atoms with van der Waals surface area (Å²) in [6.07, 6.45) is 0.844. The van der Waals surface area contributed by atoms with Crippen LogP contribution in [0.1, 0.15) is 23.7 Å². The molecule has 3 nitrogen and oxygen atoms in total. The van der Waals surface area contributed by atoms with Gasteiger partial charge in [0.25, 0.3) is 5.91 Å². The Labute approximate surface area is 115 Å². The molecule has 0 aromatic heterocycles. The van der Waals surface area contributed by atoms with Gasteiger partial charge in [0.2, 0.25) is 0 Å². The van der Waals surface area contributed by atoms with Crippen LogP contribution in [0.2, 0.25) is 0 Å². The van der Waals surface area contributed by atoms with E-state index in [-0.39, 0.29) is 11.5 Å². The normalized spacial score (nSPS) is 10.2. The molecule has 0 heterocycles. The Hall–Kier alpha value is -1.10. The molecule has 1 aromatic rings. The maximum absolute atomic E-state index is 13.8. The fourth-order valence-electron chi connectivity index (χ4n) is 1.65. The lowest BCUT2D eigenvalue weighted by atomic mass is 10.1. The largest absolute Gasteiger partial charge is 0.497 e. The second-order valence-electron chi connectivity index (χ2n) is 3.83. The number of hydrogen-bond acceptors (Lipinski definition) is 2. The van der Waals surface area contributed by atoms with Crippen LogP contribution in [0, 0.1) is 5.82 Å². The van der Waals surface area contributed by atoms with E-state index >= 15 is 0 Å². The van der Waals surface area contributed by atoms with Gasteiger partial charge in [-0.1, -0.05) is 22.9 Å². The third-order valence-corrected chi connectivity index (χ3v) is 2.90. The van der Waals surface area contributed by atoms with E-state index in [2.05, 4.69) is 15.9 Å². The first-order valence-corrected chi connectivity index (χ1v) is 6.95. The van der Waals surface area contributed by atoms with Gasteiger partial charge in [-0.15, -0.1) is 0 Å². The molecule has 0 bridgehead atoms. The predicted octanol–water partition coefficient (Wildman–Crippen LogP) is 3.08. The van der Waals surface area contributed by atoms with Crippen molar-refractivity contribution < 1.29 is 13.9 Å². The number of benzene rings is 1. The Balaban J connectivity index is 2.93. The van der Waals surface area contributed by atoms with Crippen molar-refractivity contribution >= 4 is 21.8 Å². The van der Waals surface area contributed by atoms with Gasteiger partial charge in [0, 0.05) is 24.5 Å². The molecule has 0 saturated heterocycles. The maximum Gasteiger partial charge on any atom is 0.256 e. The van der Waals surface area contributed by atoms with Gasteiger partial charge in [-0.05, 0) is 18.6 Å². The van der Waals surface area contributed by atoms with Gasteiger partial charge >= 0.3 is 0 Å². The number of amides is 1. The average Bonchev–Trinajstić information content (AvgIpc) is 2.37. The molecule has 0 aliphatic rings. The lowest BCUT2D eigenvalue weighted by molar-refractivity contribution is 0.0761. The molecule has 18 heavy (non-hydrogen) atoms. The van der Waals surface area contributed by atoms with E-state index in [1.807, 2.05) is 6.92 Å². The number of nitrogens with zero attached hydrogens (tertiary/aromatic N) is 1. The van der Waals surface area contributed by atoms with Gasteiger partial charge in [0.15, 0.2) is 0 Å². The van der Waals surface area contributed by atoms with Crippen molar-refractivity contribution in [2.45, 2.75) is 13.3 Å². The number of halogens is 2. The SMILES string of the molecule is CCCN(CCBr)C(=O)c1ccc(OC)cc1F. The van der Waals surface area contributed by atoms with Crippen molar-refractivity contribution in [3.8, 4) is 5.75 Å². The molecular weight excluding hydrogens is 301 g/mol. The Morgan fingerprint density at radius 3 is 2.67 bits per heavy atom. The van der Waals surface area contributed by atoms with Crippen molar-refractivity contribution in [3.63, 3.8) is 0 Å². The minimum atomic E-state index is -0.546. The smallest absolute Gasteiger partial charge is 0.256 e. The number of alkyl halides is 1. The second-order valence-corrected chi connectivity index (χ2v) is 4.62. The summed E-state index contributed by atoms with van der Waals surface area (Å²) in [4.78, 5) is 13.8. The Morgan fingerprint density at radius 1 is 1.44 bits per heavy atom. The summed E-state index contributed by atoms with van der Waals surface area (Å²) >= 11 is 3.29. The van der Waals surface area contributed by atoms with E-state index in [0.717, 1.165) is 6.42 Å². The zero-order valence-corrected chi connectivity index (χ0v) is 12.2. The lowest BCUT2D eigenvalue weighted by Crippen LogP contribution is -2.33. The van der Waals surface area contributed by atoms with E-state index in [1.165, 1.54) is 19.2 Å². The Kier molecular flexibility index (Phi) is 6.12. The molecule has 0 atom stereocenters. The van der Waals surface area contributed by atoms with Crippen LogP contribution in [-0.2, 0) is 0 Å². The molecule has 0 spiro atoms. The molecule has 1 aromatic carbocycles. The molecule has 0 N–H and O–H groups in total. The highest BCUT2D eigenvalue weighted by Crippen LogP contribution is 2.18. The standard InChI is InChI=1S/C13H17BrFNO2/c1-3-7-16(8-6-14)13(17)11-5-4-10(18-2)9-12(11)15/h4-5,9H,3,6-8H2,1-2H3. The quantitative estimate of drug-likeness (QED) is 0.755. The van der Waals surface area contributed by atoms with Crippen molar-refractivity contribution in [1.82, 2.24) is 4.90 Å². The van der Waals surface area contributed by atoms with Gasteiger partial charge in [-0.2, -0.15) is 0 Å². The van der Waals surface area contributed by atoms with E-state index in [0.29, 0.717) is 24.2 Å². The molecule has 0 unspecified atom stereocenters. The molecule has 1 rings (SSSR count). The van der Waals surface area contributed by atoms with Crippen molar-refractivity contribution in [2.75, 3.05) is 25.5 Å². The minimum absolute atomic E-state index is 0.0881. The Morgan fingerprint density at radius 2 is 2.17 bits per heavy atom. The topological polar surface area (TPSA) is 29.5 Å². The number of carbonyl (C=O) groups excluding carboxylic acids is 1. The molecule has 100 valence electrons. The maximum atomic E-state index is 13.8. The number of carbonyl (C=O) groups is 1. The first kappa shape index (κ1) is 15.0. The zero-order valence-electron chi connectivity index (χ0n) is 10.6. The predicted molar refractivity (Wildman–Crippen MR) is 72.9 cm³/mol. The van der Waals surface area contributed by atoms with E-state index in [1.54, 1.807) is 11.0 Å². The van der Waals surface area contributed by atoms with E-state index in [9.17, 15) is 9.18 Å². The van der Waals surface area contributed by atoms with Crippen molar-refractivity contribution in [1.29, 1.82) is 0 Å². The van der Waals surface area contributed by atoms with Gasteiger partial charge < -0.3 is 9.64 Å². The first-order chi connectivity index (χ1) is 8.63. The number of methoxy groups -OCH3 is 1. The highest BCUT2D eigenvalue weighted by Gasteiger charge is 2.18. The fraction of sp³-hybridized carbons (Fsp3) is 0.462. The van der Waals surface area contributed by atoms with Gasteiger partial charge in [-0.3, -0.25) is 4.79 Å². The van der Waals surface area contributed by atoms with Crippen LogP contribution in [0.4, 0.5) is 4.39 Å². The van der Waals surface area contributed by atoms with Crippen LogP contribution in [0.3, 0.4) is 0 Å². The molecule has 0 saturated carbocycles. The van der Waals surface area contributed by atoms with Crippen LogP contribution in [-0.4, -0.2) is 36.3 Å². The fourth-order valence-corrected chi connectivity index (χ4v) is 2.08. The van der Waals surface area contributed by atoms with Crippen molar-refractivity contribution in [2.24, 2.45) is 0 Å². The van der Waals surface area contributed by atoms with Crippen LogP contribution < -0.4 is 4.74 Å². The summed E-state index contributed by atoms with van der Waals surface area (Å²) in [6.45, 7) is 3.17. The number of hydrogen-bond donors (Lipinski definition) is 0. The molecule has 5 heteroatoms. The highest BCUT2D eigenvalue weighted by atomic mass is 79.9. The molecule has 0 aliphatic carbocycles. The van der Waals surface area contributed by atoms with E-state index < -0.39 is 5.82 Å². The summed E-state index contributed by atoms with van der Waals surface area (Å²) in [5.41, 5.74) is 0.0881. The summed E-state index contributed by atoms with van der Waals surface area (Å²) in [7, 11) is 1.46. The molecule has 0 fully saturated rings. The van der Waals surface area contributed by atoms with Gasteiger partial charge in [0.1, 0.15) is 11.6 Å². The highest BCUT2D eigenvalue weighted by molar-refractivity contribution is 9.09. The summed E-state index contributed by atoms with van der Waals surface area (Å²) in [6, 6.07) is 4.29. The van der Waals surface area contributed by atoms with Gasteiger partial charge in [-0.25, -0.2) is 4.39 Å². The van der Waals surface area contributed by atoms with Crippen molar-refractivity contribution in [3.05, 3.63) is 29.6 Å².